The van der Waals surface area contributed by atoms with Crippen LogP contribution < -0.4 is 10.7 Å². The first kappa shape index (κ1) is 14.7. The van der Waals surface area contributed by atoms with Gasteiger partial charge < -0.3 is 14.5 Å². The predicted octanol–water partition coefficient (Wildman–Crippen LogP) is 0.855. The van der Waals surface area contributed by atoms with Crippen LogP contribution in [0, 0.1) is 0 Å². The third-order valence-electron chi connectivity index (χ3n) is 3.68. The minimum Gasteiger partial charge on any atom is -0.451 e. The molecule has 2 aromatic rings. The van der Waals surface area contributed by atoms with Gasteiger partial charge in [-0.05, 0) is 12.1 Å². The largest absolute Gasteiger partial charge is 0.451 e. The molecule has 2 heterocycles. The quantitative estimate of drug-likeness (QED) is 0.907. The van der Waals surface area contributed by atoms with Gasteiger partial charge in [-0.25, -0.2) is 0 Å². The van der Waals surface area contributed by atoms with E-state index in [1.165, 1.54) is 6.07 Å². The average Bonchev–Trinajstić information content (AvgIpc) is 2.56. The molecule has 1 aromatic heterocycles. The van der Waals surface area contributed by atoms with Crippen molar-refractivity contribution in [3.63, 3.8) is 0 Å². The van der Waals surface area contributed by atoms with Crippen LogP contribution in [0.1, 0.15) is 10.6 Å². The van der Waals surface area contributed by atoms with Gasteiger partial charge in [-0.2, -0.15) is 0 Å². The monoisotopic (exact) mass is 302 g/mol. The van der Waals surface area contributed by atoms with Crippen LogP contribution in [0.25, 0.3) is 11.0 Å². The normalized spacial score (nSPS) is 15.8. The molecule has 1 aliphatic rings. The maximum Gasteiger partial charge on any atom is 0.287 e. The number of nitrogens with zero attached hydrogens (tertiary/aromatic N) is 1. The smallest absolute Gasteiger partial charge is 0.287 e. The number of ether oxygens (including phenoxy) is 1. The van der Waals surface area contributed by atoms with Gasteiger partial charge in [-0.15, -0.1) is 0 Å². The zero-order chi connectivity index (χ0) is 15.4. The van der Waals surface area contributed by atoms with Crippen LogP contribution in [0.5, 0.6) is 0 Å². The maximum absolute atomic E-state index is 12.1. The lowest BCUT2D eigenvalue weighted by atomic mass is 10.2. The van der Waals surface area contributed by atoms with Crippen molar-refractivity contribution >= 4 is 16.9 Å². The van der Waals surface area contributed by atoms with E-state index in [4.69, 9.17) is 9.15 Å². The Bertz CT molecular complexity index is 719. The number of hydrogen-bond donors (Lipinski definition) is 1. The van der Waals surface area contributed by atoms with E-state index in [0.717, 1.165) is 32.8 Å². The third kappa shape index (κ3) is 3.35. The van der Waals surface area contributed by atoms with Gasteiger partial charge in [0.15, 0.2) is 11.2 Å². The van der Waals surface area contributed by atoms with E-state index in [-0.39, 0.29) is 17.1 Å². The summed E-state index contributed by atoms with van der Waals surface area (Å²) < 4.78 is 10.8. The highest BCUT2D eigenvalue weighted by molar-refractivity contribution is 5.93. The van der Waals surface area contributed by atoms with Gasteiger partial charge in [0.05, 0.1) is 18.6 Å². The Morgan fingerprint density at radius 1 is 1.23 bits per heavy atom. The highest BCUT2D eigenvalue weighted by Crippen LogP contribution is 2.11. The fraction of sp³-hybridized carbons (Fsp3) is 0.375. The molecule has 3 rings (SSSR count). The Morgan fingerprint density at radius 3 is 2.82 bits per heavy atom. The summed E-state index contributed by atoms with van der Waals surface area (Å²) in [6, 6.07) is 8.14. The molecule has 0 unspecified atom stereocenters. The number of carbonyl (C=O) groups excluding carboxylic acids is 1. The van der Waals surface area contributed by atoms with Crippen LogP contribution in [-0.2, 0) is 4.74 Å². The van der Waals surface area contributed by atoms with Crippen molar-refractivity contribution in [3.05, 3.63) is 46.3 Å². The van der Waals surface area contributed by atoms with E-state index in [9.17, 15) is 9.59 Å². The molecule has 1 fully saturated rings. The minimum atomic E-state index is -0.365. The second-order valence-corrected chi connectivity index (χ2v) is 5.18. The molecular weight excluding hydrogens is 284 g/mol. The lowest BCUT2D eigenvalue weighted by molar-refractivity contribution is 0.0382. The van der Waals surface area contributed by atoms with Gasteiger partial charge in [0, 0.05) is 32.2 Å². The van der Waals surface area contributed by atoms with Crippen molar-refractivity contribution in [2.45, 2.75) is 0 Å². The molecule has 1 aromatic carbocycles. The standard InChI is InChI=1S/C16H18N2O4/c19-13-11-15(22-14-4-2-1-3-12(13)14)16(20)17-5-6-18-7-9-21-10-8-18/h1-4,11H,5-10H2,(H,17,20). The van der Waals surface area contributed by atoms with Gasteiger partial charge in [0.2, 0.25) is 0 Å². The number of nitrogens with one attached hydrogen (secondary N) is 1. The average molecular weight is 302 g/mol. The Labute approximate surface area is 127 Å². The molecular formula is C16H18N2O4. The first-order chi connectivity index (χ1) is 10.7. The summed E-state index contributed by atoms with van der Waals surface area (Å²) in [7, 11) is 0. The van der Waals surface area contributed by atoms with Crippen molar-refractivity contribution in [1.29, 1.82) is 0 Å². The Kier molecular flexibility index (Phi) is 4.50. The number of benzene rings is 1. The van der Waals surface area contributed by atoms with E-state index in [2.05, 4.69) is 10.2 Å². The summed E-state index contributed by atoms with van der Waals surface area (Å²) in [6.07, 6.45) is 0. The third-order valence-corrected chi connectivity index (χ3v) is 3.68. The minimum absolute atomic E-state index is 0.0469. The van der Waals surface area contributed by atoms with E-state index in [0.29, 0.717) is 17.5 Å². The second kappa shape index (κ2) is 6.72. The van der Waals surface area contributed by atoms with Gasteiger partial charge in [-0.1, -0.05) is 12.1 Å². The molecule has 6 heteroatoms. The van der Waals surface area contributed by atoms with Crippen LogP contribution in [0.3, 0.4) is 0 Å². The molecule has 1 aliphatic heterocycles. The van der Waals surface area contributed by atoms with Gasteiger partial charge >= 0.3 is 0 Å². The van der Waals surface area contributed by atoms with E-state index in [1.807, 2.05) is 0 Å². The number of fused-ring (bicyclic) bond motifs is 1. The Hall–Kier alpha value is -2.18. The number of para-hydroxylation sites is 1. The maximum atomic E-state index is 12.1. The number of amides is 1. The van der Waals surface area contributed by atoms with Crippen LogP contribution in [0.2, 0.25) is 0 Å². The Balaban J connectivity index is 1.63. The molecule has 0 spiro atoms. The van der Waals surface area contributed by atoms with E-state index < -0.39 is 0 Å². The molecule has 1 N–H and O–H groups in total. The molecule has 0 radical (unpaired) electrons. The fourth-order valence-corrected chi connectivity index (χ4v) is 2.46. The summed E-state index contributed by atoms with van der Waals surface area (Å²) in [5.41, 5.74) is 0.216. The molecule has 1 saturated heterocycles. The van der Waals surface area contributed by atoms with Crippen LogP contribution in [-0.4, -0.2) is 50.2 Å². The van der Waals surface area contributed by atoms with E-state index in [1.54, 1.807) is 24.3 Å². The van der Waals surface area contributed by atoms with Crippen molar-refractivity contribution in [1.82, 2.24) is 10.2 Å². The summed E-state index contributed by atoms with van der Waals surface area (Å²) in [5, 5.41) is 3.26. The van der Waals surface area contributed by atoms with Gasteiger partial charge in [-0.3, -0.25) is 14.5 Å². The number of hydrogen-bond acceptors (Lipinski definition) is 5. The van der Waals surface area contributed by atoms with Crippen LogP contribution in [0.15, 0.2) is 39.5 Å². The summed E-state index contributed by atoms with van der Waals surface area (Å²) in [5.74, 6) is -0.318. The zero-order valence-corrected chi connectivity index (χ0v) is 12.2. The van der Waals surface area contributed by atoms with Gasteiger partial charge in [0.1, 0.15) is 5.58 Å². The van der Waals surface area contributed by atoms with Crippen LogP contribution in [0.4, 0.5) is 0 Å². The van der Waals surface area contributed by atoms with E-state index >= 15 is 0 Å². The van der Waals surface area contributed by atoms with Crippen molar-refractivity contribution in [3.8, 4) is 0 Å². The number of morpholine rings is 1. The molecule has 0 bridgehead atoms. The molecule has 6 nitrogen and oxygen atoms in total. The fourth-order valence-electron chi connectivity index (χ4n) is 2.46. The second-order valence-electron chi connectivity index (χ2n) is 5.18. The summed E-state index contributed by atoms with van der Waals surface area (Å²) in [4.78, 5) is 26.3. The number of rotatable bonds is 4. The van der Waals surface area contributed by atoms with Crippen LogP contribution >= 0.6 is 0 Å². The summed E-state index contributed by atoms with van der Waals surface area (Å²) >= 11 is 0. The first-order valence-corrected chi connectivity index (χ1v) is 7.35. The van der Waals surface area contributed by atoms with Crippen molar-refractivity contribution in [2.75, 3.05) is 39.4 Å². The summed E-state index contributed by atoms with van der Waals surface area (Å²) in [6.45, 7) is 4.48. The topological polar surface area (TPSA) is 71.8 Å². The molecule has 0 atom stereocenters. The molecule has 0 aliphatic carbocycles. The number of carbonyl (C=O) groups is 1. The SMILES string of the molecule is O=C(NCCN1CCOCC1)c1cc(=O)c2ccccc2o1. The van der Waals surface area contributed by atoms with Crippen molar-refractivity contribution in [2.24, 2.45) is 0 Å². The Morgan fingerprint density at radius 2 is 2.00 bits per heavy atom. The lowest BCUT2D eigenvalue weighted by Gasteiger charge is -2.26. The lowest BCUT2D eigenvalue weighted by Crippen LogP contribution is -2.41. The molecule has 1 amide bonds. The molecule has 22 heavy (non-hydrogen) atoms. The molecule has 0 saturated carbocycles. The molecule has 116 valence electrons. The highest BCUT2D eigenvalue weighted by Gasteiger charge is 2.13. The highest BCUT2D eigenvalue weighted by atomic mass is 16.5. The predicted molar refractivity (Wildman–Crippen MR) is 82.1 cm³/mol. The van der Waals surface area contributed by atoms with Gasteiger partial charge in [0.25, 0.3) is 5.91 Å². The first-order valence-electron chi connectivity index (χ1n) is 7.35. The van der Waals surface area contributed by atoms with Crippen molar-refractivity contribution < 1.29 is 13.9 Å². The zero-order valence-electron chi connectivity index (χ0n) is 12.2.